The van der Waals surface area contributed by atoms with Crippen LogP contribution in [-0.4, -0.2) is 20.8 Å². The Bertz CT molecular complexity index is 1070. The van der Waals surface area contributed by atoms with E-state index in [4.69, 9.17) is 0 Å². The molecule has 2 aromatic heterocycles. The third-order valence-corrected chi connectivity index (χ3v) is 4.37. The van der Waals surface area contributed by atoms with Gasteiger partial charge in [-0.1, -0.05) is 48.2 Å². The second kappa shape index (κ2) is 5.52. The molecule has 0 fully saturated rings. The number of rotatable bonds is 2. The maximum absolute atomic E-state index is 13.0. The molecule has 0 aliphatic carbocycles. The molecular formula is C18H13N3OS. The maximum atomic E-state index is 13.0. The predicted molar refractivity (Wildman–Crippen MR) is 94.4 cm³/mol. The number of hydrogen-bond acceptors (Lipinski definition) is 4. The van der Waals surface area contributed by atoms with E-state index in [9.17, 15) is 4.79 Å². The summed E-state index contributed by atoms with van der Waals surface area (Å²) >= 11 is 1.46. The summed E-state index contributed by atoms with van der Waals surface area (Å²) in [4.78, 5) is 22.0. The second-order valence-electron chi connectivity index (χ2n) is 5.12. The first-order valence-corrected chi connectivity index (χ1v) is 8.42. The summed E-state index contributed by atoms with van der Waals surface area (Å²) in [6.45, 7) is 0. The average Bonchev–Trinajstić information content (AvgIpc) is 2.62. The summed E-state index contributed by atoms with van der Waals surface area (Å²) in [5.41, 5.74) is 1.38. The Labute approximate surface area is 136 Å². The lowest BCUT2D eigenvalue weighted by Crippen LogP contribution is -2.20. The molecular weight excluding hydrogens is 306 g/mol. The Morgan fingerprint density at radius 1 is 0.913 bits per heavy atom. The van der Waals surface area contributed by atoms with Crippen molar-refractivity contribution >= 4 is 33.6 Å². The van der Waals surface area contributed by atoms with Crippen molar-refractivity contribution in [2.75, 3.05) is 6.26 Å². The Kier molecular flexibility index (Phi) is 3.35. The summed E-state index contributed by atoms with van der Waals surface area (Å²) in [5.74, 6) is 0. The number of benzene rings is 2. The van der Waals surface area contributed by atoms with Crippen molar-refractivity contribution < 1.29 is 0 Å². The van der Waals surface area contributed by atoms with E-state index in [0.717, 1.165) is 16.5 Å². The average molecular weight is 319 g/mol. The zero-order chi connectivity index (χ0) is 15.8. The highest BCUT2D eigenvalue weighted by Gasteiger charge is 2.14. The Morgan fingerprint density at radius 3 is 2.35 bits per heavy atom. The molecule has 0 unspecified atom stereocenters. The van der Waals surface area contributed by atoms with Crippen molar-refractivity contribution in [3.05, 3.63) is 71.1 Å². The first-order chi connectivity index (χ1) is 11.3. The van der Waals surface area contributed by atoms with Gasteiger partial charge in [0.15, 0.2) is 10.8 Å². The van der Waals surface area contributed by atoms with Gasteiger partial charge in [-0.15, -0.1) is 0 Å². The summed E-state index contributed by atoms with van der Waals surface area (Å²) in [6, 6.07) is 17.2. The lowest BCUT2D eigenvalue weighted by molar-refractivity contribution is 0.946. The van der Waals surface area contributed by atoms with Crippen molar-refractivity contribution in [3.63, 3.8) is 0 Å². The molecule has 4 nitrogen and oxygen atoms in total. The Morgan fingerprint density at radius 2 is 1.61 bits per heavy atom. The van der Waals surface area contributed by atoms with Crippen molar-refractivity contribution in [2.45, 2.75) is 5.16 Å². The van der Waals surface area contributed by atoms with Crippen LogP contribution in [0.1, 0.15) is 0 Å². The van der Waals surface area contributed by atoms with Gasteiger partial charge in [0.2, 0.25) is 0 Å². The summed E-state index contributed by atoms with van der Waals surface area (Å²) in [6.07, 6.45) is 3.72. The molecule has 23 heavy (non-hydrogen) atoms. The minimum absolute atomic E-state index is 0.0648. The molecule has 0 bridgehead atoms. The largest absolute Gasteiger partial charge is 0.268 e. The molecule has 0 aliphatic rings. The first-order valence-electron chi connectivity index (χ1n) is 7.19. The number of hydrogen-bond donors (Lipinski definition) is 0. The van der Waals surface area contributed by atoms with Gasteiger partial charge in [0, 0.05) is 17.0 Å². The second-order valence-corrected chi connectivity index (χ2v) is 5.89. The van der Waals surface area contributed by atoms with E-state index in [2.05, 4.69) is 9.97 Å². The molecule has 112 valence electrons. The van der Waals surface area contributed by atoms with Crippen LogP contribution >= 0.6 is 11.8 Å². The summed E-state index contributed by atoms with van der Waals surface area (Å²) in [7, 11) is 0. The molecule has 0 aliphatic heterocycles. The minimum atomic E-state index is -0.0648. The van der Waals surface area contributed by atoms with Crippen molar-refractivity contribution in [3.8, 4) is 5.69 Å². The van der Waals surface area contributed by atoms with E-state index < -0.39 is 0 Å². The molecule has 2 heterocycles. The molecule has 0 radical (unpaired) electrons. The van der Waals surface area contributed by atoms with E-state index in [1.807, 2.05) is 60.9 Å². The van der Waals surface area contributed by atoms with Crippen molar-refractivity contribution in [2.24, 2.45) is 0 Å². The molecule has 0 saturated heterocycles. The van der Waals surface area contributed by atoms with Crippen LogP contribution in [0.2, 0.25) is 0 Å². The Hall–Kier alpha value is -2.66. The van der Waals surface area contributed by atoms with Crippen LogP contribution in [0.3, 0.4) is 0 Å². The van der Waals surface area contributed by atoms with Crippen LogP contribution in [-0.2, 0) is 0 Å². The molecule has 4 aromatic rings. The van der Waals surface area contributed by atoms with Gasteiger partial charge in [0.1, 0.15) is 0 Å². The number of pyridine rings is 1. The van der Waals surface area contributed by atoms with Crippen LogP contribution in [0.25, 0.3) is 27.5 Å². The Balaban J connectivity index is 2.25. The third kappa shape index (κ3) is 2.21. The number of para-hydroxylation sites is 1. The molecule has 0 N–H and O–H groups in total. The molecule has 2 aromatic carbocycles. The summed E-state index contributed by atoms with van der Waals surface area (Å²) < 4.78 is 1.67. The SMILES string of the molecule is CSc1ncc2c3ccccc3c(=O)n(-c3ccccc3)c2n1. The highest BCUT2D eigenvalue weighted by Crippen LogP contribution is 2.24. The van der Waals surface area contributed by atoms with Gasteiger partial charge >= 0.3 is 0 Å². The fourth-order valence-electron chi connectivity index (χ4n) is 2.75. The highest BCUT2D eigenvalue weighted by molar-refractivity contribution is 7.98. The quantitative estimate of drug-likeness (QED) is 0.321. The van der Waals surface area contributed by atoms with Crippen molar-refractivity contribution in [1.29, 1.82) is 0 Å². The molecule has 0 spiro atoms. The normalized spacial score (nSPS) is 11.2. The topological polar surface area (TPSA) is 47.8 Å². The van der Waals surface area contributed by atoms with E-state index in [1.54, 1.807) is 10.8 Å². The van der Waals surface area contributed by atoms with E-state index in [0.29, 0.717) is 16.2 Å². The van der Waals surface area contributed by atoms with Gasteiger partial charge in [0.05, 0.1) is 5.69 Å². The van der Waals surface area contributed by atoms with Gasteiger partial charge in [-0.05, 0) is 29.8 Å². The van der Waals surface area contributed by atoms with Crippen molar-refractivity contribution in [1.82, 2.24) is 14.5 Å². The molecule has 4 rings (SSSR count). The van der Waals surface area contributed by atoms with E-state index in [-0.39, 0.29) is 5.56 Å². The van der Waals surface area contributed by atoms with Gasteiger partial charge in [-0.25, -0.2) is 9.97 Å². The van der Waals surface area contributed by atoms with E-state index >= 15 is 0 Å². The fourth-order valence-corrected chi connectivity index (χ4v) is 3.09. The number of fused-ring (bicyclic) bond motifs is 3. The van der Waals surface area contributed by atoms with Crippen LogP contribution in [0.15, 0.2) is 70.7 Å². The zero-order valence-electron chi connectivity index (χ0n) is 12.4. The van der Waals surface area contributed by atoms with Crippen LogP contribution in [0, 0.1) is 0 Å². The smallest absolute Gasteiger partial charge is 0.264 e. The third-order valence-electron chi connectivity index (χ3n) is 3.81. The first kappa shape index (κ1) is 14.0. The lowest BCUT2D eigenvalue weighted by atomic mass is 10.1. The van der Waals surface area contributed by atoms with Gasteiger partial charge in [0.25, 0.3) is 5.56 Å². The monoisotopic (exact) mass is 319 g/mol. The van der Waals surface area contributed by atoms with Crippen LogP contribution in [0.4, 0.5) is 0 Å². The fraction of sp³-hybridized carbons (Fsp3) is 0.0556. The predicted octanol–water partition coefficient (Wildman–Crippen LogP) is 3.66. The van der Waals surface area contributed by atoms with E-state index in [1.165, 1.54) is 11.8 Å². The van der Waals surface area contributed by atoms with Crippen LogP contribution in [0.5, 0.6) is 0 Å². The summed E-state index contributed by atoms with van der Waals surface area (Å²) in [5, 5.41) is 3.08. The van der Waals surface area contributed by atoms with Gasteiger partial charge in [-0.3, -0.25) is 9.36 Å². The molecule has 5 heteroatoms. The molecule has 0 atom stereocenters. The maximum Gasteiger partial charge on any atom is 0.264 e. The minimum Gasteiger partial charge on any atom is -0.268 e. The lowest BCUT2D eigenvalue weighted by Gasteiger charge is -2.12. The van der Waals surface area contributed by atoms with Gasteiger partial charge in [-0.2, -0.15) is 0 Å². The highest BCUT2D eigenvalue weighted by atomic mass is 32.2. The molecule has 0 amide bonds. The number of thioether (sulfide) groups is 1. The standard InChI is InChI=1S/C18H13N3OS/c1-23-18-19-11-15-13-9-5-6-10-14(13)17(22)21(16(15)20-18)12-7-3-2-4-8-12/h2-11H,1H3. The number of aromatic nitrogens is 3. The molecule has 0 saturated carbocycles. The van der Waals surface area contributed by atoms with Crippen LogP contribution < -0.4 is 5.56 Å². The van der Waals surface area contributed by atoms with Gasteiger partial charge < -0.3 is 0 Å². The number of nitrogens with zero attached hydrogens (tertiary/aromatic N) is 3. The zero-order valence-corrected chi connectivity index (χ0v) is 13.2.